The Balaban J connectivity index is 3.02. The van der Waals surface area contributed by atoms with E-state index in [1.807, 2.05) is 0 Å². The first-order valence-electron chi connectivity index (χ1n) is 4.75. The quantitative estimate of drug-likeness (QED) is 0.819. The Morgan fingerprint density at radius 2 is 2.13 bits per heavy atom. The monoisotopic (exact) mass is 216 g/mol. The van der Waals surface area contributed by atoms with Crippen LogP contribution in [-0.4, -0.2) is 18.8 Å². The fourth-order valence-electron chi connectivity index (χ4n) is 1.50. The van der Waals surface area contributed by atoms with E-state index >= 15 is 0 Å². The summed E-state index contributed by atoms with van der Waals surface area (Å²) in [5, 5.41) is 8.66. The fraction of sp³-hybridized carbons (Fsp3) is 0.455. The Morgan fingerprint density at radius 1 is 1.40 bits per heavy atom. The maximum Gasteiger partial charge on any atom is 0.267 e. The summed E-state index contributed by atoms with van der Waals surface area (Å²) >= 11 is 0. The zero-order chi connectivity index (χ0) is 11.3. The maximum atomic E-state index is 12.8. The first-order chi connectivity index (χ1) is 7.20. The van der Waals surface area contributed by atoms with Crippen LogP contribution in [0.1, 0.15) is 24.0 Å². The number of aryl methyl sites for hydroxylation is 1. The number of hydrogen-bond donors (Lipinski definition) is 1. The van der Waals surface area contributed by atoms with E-state index in [0.717, 1.165) is 0 Å². The minimum atomic E-state index is -2.55. The molecule has 0 aliphatic rings. The van der Waals surface area contributed by atoms with Gasteiger partial charge in [-0.3, -0.25) is 0 Å². The van der Waals surface area contributed by atoms with Crippen LogP contribution < -0.4 is 4.74 Å². The Labute approximate surface area is 87.5 Å². The second-order valence-electron chi connectivity index (χ2n) is 3.16. The van der Waals surface area contributed by atoms with Crippen LogP contribution in [0, 0.1) is 0 Å². The van der Waals surface area contributed by atoms with Crippen LogP contribution in [0.2, 0.25) is 0 Å². The molecule has 0 saturated carbocycles. The number of halogens is 2. The van der Waals surface area contributed by atoms with E-state index in [1.165, 1.54) is 13.2 Å². The van der Waals surface area contributed by atoms with Crippen LogP contribution in [-0.2, 0) is 6.42 Å². The van der Waals surface area contributed by atoms with Gasteiger partial charge in [-0.15, -0.1) is 0 Å². The van der Waals surface area contributed by atoms with Gasteiger partial charge in [0.25, 0.3) is 6.43 Å². The summed E-state index contributed by atoms with van der Waals surface area (Å²) in [6.45, 7) is -0.000111. The number of aliphatic hydroxyl groups excluding tert-OH is 1. The predicted octanol–water partition coefficient (Wildman–Crippen LogP) is 2.56. The number of hydrogen-bond acceptors (Lipinski definition) is 2. The highest BCUT2D eigenvalue weighted by Gasteiger charge is 2.17. The highest BCUT2D eigenvalue weighted by molar-refractivity contribution is 5.41. The number of methoxy groups -OCH3 is 1. The molecule has 0 heterocycles. The summed E-state index contributed by atoms with van der Waals surface area (Å²) in [7, 11) is 1.37. The minimum absolute atomic E-state index is 0.000111. The van der Waals surface area contributed by atoms with Crippen molar-refractivity contribution in [1.82, 2.24) is 0 Å². The number of benzene rings is 1. The van der Waals surface area contributed by atoms with E-state index in [1.54, 1.807) is 12.1 Å². The van der Waals surface area contributed by atoms with Gasteiger partial charge in [-0.1, -0.05) is 12.1 Å². The Kier molecular flexibility index (Phi) is 4.49. The number of ether oxygens (including phenoxy) is 1. The van der Waals surface area contributed by atoms with Crippen molar-refractivity contribution in [3.05, 3.63) is 29.3 Å². The molecule has 4 heteroatoms. The molecule has 0 aliphatic heterocycles. The van der Waals surface area contributed by atoms with Crippen LogP contribution in [0.4, 0.5) is 8.78 Å². The molecule has 84 valence electrons. The van der Waals surface area contributed by atoms with Crippen molar-refractivity contribution in [3.63, 3.8) is 0 Å². The lowest BCUT2D eigenvalue weighted by Crippen LogP contribution is -2.00. The molecule has 0 unspecified atom stereocenters. The van der Waals surface area contributed by atoms with E-state index in [2.05, 4.69) is 0 Å². The van der Waals surface area contributed by atoms with Crippen molar-refractivity contribution < 1.29 is 18.6 Å². The SMILES string of the molecule is COc1cccc(CCCO)c1C(F)F. The molecule has 0 aliphatic carbocycles. The molecule has 15 heavy (non-hydrogen) atoms. The maximum absolute atomic E-state index is 12.8. The van der Waals surface area contributed by atoms with Crippen molar-refractivity contribution in [1.29, 1.82) is 0 Å². The third kappa shape index (κ3) is 2.89. The van der Waals surface area contributed by atoms with Gasteiger partial charge in [-0.2, -0.15) is 0 Å². The third-order valence-corrected chi connectivity index (χ3v) is 2.20. The molecule has 0 saturated heterocycles. The van der Waals surface area contributed by atoms with Crippen molar-refractivity contribution in [2.45, 2.75) is 19.3 Å². The highest BCUT2D eigenvalue weighted by Crippen LogP contribution is 2.32. The Morgan fingerprint density at radius 3 is 2.67 bits per heavy atom. The van der Waals surface area contributed by atoms with E-state index in [9.17, 15) is 8.78 Å². The summed E-state index contributed by atoms with van der Waals surface area (Å²) < 4.78 is 30.4. The molecule has 1 N–H and O–H groups in total. The first-order valence-corrected chi connectivity index (χ1v) is 4.75. The zero-order valence-corrected chi connectivity index (χ0v) is 8.54. The summed E-state index contributed by atoms with van der Waals surface area (Å²) in [6, 6.07) is 4.83. The van der Waals surface area contributed by atoms with E-state index in [0.29, 0.717) is 18.4 Å². The Hall–Kier alpha value is -1.16. The summed E-state index contributed by atoms with van der Waals surface area (Å²) in [5.41, 5.74) is 0.479. The van der Waals surface area contributed by atoms with E-state index < -0.39 is 6.43 Å². The lowest BCUT2D eigenvalue weighted by atomic mass is 10.0. The van der Waals surface area contributed by atoms with Gasteiger partial charge >= 0.3 is 0 Å². The van der Waals surface area contributed by atoms with Crippen LogP contribution in [0.3, 0.4) is 0 Å². The van der Waals surface area contributed by atoms with E-state index in [4.69, 9.17) is 9.84 Å². The molecule has 0 aromatic heterocycles. The zero-order valence-electron chi connectivity index (χ0n) is 8.54. The molecule has 1 aromatic rings. The lowest BCUT2D eigenvalue weighted by molar-refractivity contribution is 0.145. The molecule has 2 nitrogen and oxygen atoms in total. The predicted molar refractivity (Wildman–Crippen MR) is 53.4 cm³/mol. The average molecular weight is 216 g/mol. The first kappa shape index (κ1) is 11.9. The lowest BCUT2D eigenvalue weighted by Gasteiger charge is -2.12. The smallest absolute Gasteiger partial charge is 0.267 e. The second kappa shape index (κ2) is 5.66. The topological polar surface area (TPSA) is 29.5 Å². The molecule has 0 bridgehead atoms. The van der Waals surface area contributed by atoms with Gasteiger partial charge in [0, 0.05) is 6.61 Å². The summed E-state index contributed by atoms with van der Waals surface area (Å²) in [4.78, 5) is 0. The van der Waals surface area contributed by atoms with Crippen LogP contribution >= 0.6 is 0 Å². The largest absolute Gasteiger partial charge is 0.496 e. The van der Waals surface area contributed by atoms with Gasteiger partial charge in [0.05, 0.1) is 12.7 Å². The number of rotatable bonds is 5. The van der Waals surface area contributed by atoms with Crippen molar-refractivity contribution >= 4 is 0 Å². The molecule has 0 spiro atoms. The summed E-state index contributed by atoms with van der Waals surface area (Å²) in [6.07, 6.45) is -1.63. The molecular formula is C11H14F2O2. The molecule has 0 amide bonds. The van der Waals surface area contributed by atoms with Gasteiger partial charge < -0.3 is 9.84 Å². The third-order valence-electron chi connectivity index (χ3n) is 2.20. The normalized spacial score (nSPS) is 10.7. The van der Waals surface area contributed by atoms with Crippen LogP contribution in [0.15, 0.2) is 18.2 Å². The van der Waals surface area contributed by atoms with Gasteiger partial charge in [0.15, 0.2) is 0 Å². The average Bonchev–Trinajstić information content (AvgIpc) is 2.25. The van der Waals surface area contributed by atoms with Crippen LogP contribution in [0.25, 0.3) is 0 Å². The van der Waals surface area contributed by atoms with Gasteiger partial charge in [-0.25, -0.2) is 8.78 Å². The van der Waals surface area contributed by atoms with E-state index in [-0.39, 0.29) is 17.9 Å². The highest BCUT2D eigenvalue weighted by atomic mass is 19.3. The van der Waals surface area contributed by atoms with Gasteiger partial charge in [0.1, 0.15) is 5.75 Å². The van der Waals surface area contributed by atoms with Gasteiger partial charge in [-0.05, 0) is 24.5 Å². The molecule has 1 rings (SSSR count). The number of aliphatic hydroxyl groups is 1. The summed E-state index contributed by atoms with van der Waals surface area (Å²) in [5.74, 6) is 0.209. The molecule has 0 fully saturated rings. The second-order valence-corrected chi connectivity index (χ2v) is 3.16. The molecule has 0 atom stereocenters. The molecular weight excluding hydrogens is 202 g/mol. The molecule has 0 radical (unpaired) electrons. The fourth-order valence-corrected chi connectivity index (χ4v) is 1.50. The van der Waals surface area contributed by atoms with Crippen molar-refractivity contribution in [3.8, 4) is 5.75 Å². The van der Waals surface area contributed by atoms with Crippen molar-refractivity contribution in [2.75, 3.05) is 13.7 Å². The standard InChI is InChI=1S/C11H14F2O2/c1-15-9-6-2-4-8(5-3-7-14)10(9)11(12)13/h2,4,6,11,14H,3,5,7H2,1H3. The Bertz CT molecular complexity index is 313. The van der Waals surface area contributed by atoms with Crippen molar-refractivity contribution in [2.24, 2.45) is 0 Å². The number of alkyl halides is 2. The molecule has 1 aromatic carbocycles. The minimum Gasteiger partial charge on any atom is -0.496 e. The van der Waals surface area contributed by atoms with Crippen LogP contribution in [0.5, 0.6) is 5.75 Å². The van der Waals surface area contributed by atoms with Gasteiger partial charge in [0.2, 0.25) is 0 Å².